The van der Waals surface area contributed by atoms with Crippen LogP contribution < -0.4 is 0 Å². The summed E-state index contributed by atoms with van der Waals surface area (Å²) in [6, 6.07) is 7.52. The molecular weight excluding hydrogens is 248 g/mol. The fourth-order valence-corrected chi connectivity index (χ4v) is 2.93. The monoisotopic (exact) mass is 266 g/mol. The molecule has 0 bridgehead atoms. The second-order valence-corrected chi connectivity index (χ2v) is 5.11. The molecule has 4 atom stereocenters. The molecular formula is C14H18O5. The summed E-state index contributed by atoms with van der Waals surface area (Å²) in [6.07, 6.45) is -1.65. The second kappa shape index (κ2) is 4.85. The number of ether oxygens (including phenoxy) is 2. The number of hydrogen-bond donors (Lipinski definition) is 3. The van der Waals surface area contributed by atoms with Gasteiger partial charge in [-0.15, -0.1) is 0 Å². The highest BCUT2D eigenvalue weighted by molar-refractivity contribution is 5.35. The Morgan fingerprint density at radius 2 is 2.05 bits per heavy atom. The molecule has 0 aromatic heterocycles. The summed E-state index contributed by atoms with van der Waals surface area (Å²) in [4.78, 5) is 0. The van der Waals surface area contributed by atoms with Gasteiger partial charge in [0.1, 0.15) is 6.10 Å². The van der Waals surface area contributed by atoms with E-state index >= 15 is 0 Å². The van der Waals surface area contributed by atoms with Crippen molar-refractivity contribution in [2.45, 2.75) is 43.5 Å². The van der Waals surface area contributed by atoms with E-state index in [9.17, 15) is 10.2 Å². The SMILES string of the molecule is OCC[C@@H]1C[C@@H](O)[C@H](O)[C@@]2(OCc3ccccc32)O1. The zero-order valence-electron chi connectivity index (χ0n) is 10.5. The van der Waals surface area contributed by atoms with Crippen molar-refractivity contribution in [1.29, 1.82) is 0 Å². The summed E-state index contributed by atoms with van der Waals surface area (Å²) in [7, 11) is 0. The molecule has 2 aliphatic heterocycles. The van der Waals surface area contributed by atoms with Gasteiger partial charge in [-0.25, -0.2) is 0 Å². The third-order valence-corrected chi connectivity index (χ3v) is 3.89. The van der Waals surface area contributed by atoms with Gasteiger partial charge < -0.3 is 24.8 Å². The second-order valence-electron chi connectivity index (χ2n) is 5.11. The topological polar surface area (TPSA) is 79.2 Å². The van der Waals surface area contributed by atoms with Gasteiger partial charge in [0.25, 0.3) is 0 Å². The molecule has 1 aromatic carbocycles. The summed E-state index contributed by atoms with van der Waals surface area (Å²) < 4.78 is 11.6. The average molecular weight is 266 g/mol. The lowest BCUT2D eigenvalue weighted by atomic mass is 9.88. The first-order valence-electron chi connectivity index (χ1n) is 6.54. The van der Waals surface area contributed by atoms with Gasteiger partial charge in [0.2, 0.25) is 5.79 Å². The maximum absolute atomic E-state index is 10.3. The molecule has 5 heteroatoms. The number of aliphatic hydroxyl groups is 3. The Hall–Kier alpha value is -0.980. The number of benzene rings is 1. The minimum atomic E-state index is -1.30. The first-order chi connectivity index (χ1) is 9.17. The molecule has 0 radical (unpaired) electrons. The van der Waals surface area contributed by atoms with E-state index in [-0.39, 0.29) is 12.7 Å². The number of hydrogen-bond acceptors (Lipinski definition) is 5. The molecule has 3 N–H and O–H groups in total. The van der Waals surface area contributed by atoms with Crippen molar-refractivity contribution in [3.05, 3.63) is 35.4 Å². The lowest BCUT2D eigenvalue weighted by Gasteiger charge is -2.44. The lowest BCUT2D eigenvalue weighted by Crippen LogP contribution is -2.55. The summed E-state index contributed by atoms with van der Waals surface area (Å²) in [5.74, 6) is -1.30. The van der Waals surface area contributed by atoms with Crippen LogP contribution in [0.3, 0.4) is 0 Å². The smallest absolute Gasteiger partial charge is 0.225 e. The lowest BCUT2D eigenvalue weighted by molar-refractivity contribution is -0.345. The molecule has 1 aromatic rings. The van der Waals surface area contributed by atoms with E-state index in [0.29, 0.717) is 19.4 Å². The van der Waals surface area contributed by atoms with Crippen LogP contribution in [-0.2, 0) is 21.9 Å². The van der Waals surface area contributed by atoms with Crippen molar-refractivity contribution in [2.75, 3.05) is 6.61 Å². The number of fused-ring (bicyclic) bond motifs is 2. The van der Waals surface area contributed by atoms with Crippen LogP contribution in [0.2, 0.25) is 0 Å². The minimum Gasteiger partial charge on any atom is -0.396 e. The zero-order valence-corrected chi connectivity index (χ0v) is 10.5. The van der Waals surface area contributed by atoms with Crippen molar-refractivity contribution in [2.24, 2.45) is 0 Å². The van der Waals surface area contributed by atoms with Crippen molar-refractivity contribution in [3.63, 3.8) is 0 Å². The van der Waals surface area contributed by atoms with Crippen molar-refractivity contribution in [1.82, 2.24) is 0 Å². The van der Waals surface area contributed by atoms with Gasteiger partial charge in [-0.05, 0) is 12.0 Å². The van der Waals surface area contributed by atoms with Crippen LogP contribution in [0.25, 0.3) is 0 Å². The molecule has 2 heterocycles. The van der Waals surface area contributed by atoms with E-state index in [1.165, 1.54) is 0 Å². The first kappa shape index (κ1) is 13.0. The molecule has 1 fully saturated rings. The maximum atomic E-state index is 10.3. The minimum absolute atomic E-state index is 0.0226. The van der Waals surface area contributed by atoms with Crippen LogP contribution in [0.1, 0.15) is 24.0 Å². The Bertz CT molecular complexity index is 463. The predicted octanol–water partition coefficient (Wildman–Crippen LogP) is 0.263. The third kappa shape index (κ3) is 1.98. The van der Waals surface area contributed by atoms with Crippen LogP contribution in [0.4, 0.5) is 0 Å². The Morgan fingerprint density at radius 3 is 2.84 bits per heavy atom. The molecule has 5 nitrogen and oxygen atoms in total. The van der Waals surface area contributed by atoms with Crippen molar-refractivity contribution in [3.8, 4) is 0 Å². The normalized spacial score (nSPS) is 37.5. The largest absolute Gasteiger partial charge is 0.396 e. The predicted molar refractivity (Wildman–Crippen MR) is 66.1 cm³/mol. The zero-order chi connectivity index (χ0) is 13.5. The summed E-state index contributed by atoms with van der Waals surface area (Å²) >= 11 is 0. The van der Waals surface area contributed by atoms with Gasteiger partial charge in [0.15, 0.2) is 0 Å². The quantitative estimate of drug-likeness (QED) is 0.715. The van der Waals surface area contributed by atoms with E-state index in [0.717, 1.165) is 11.1 Å². The van der Waals surface area contributed by atoms with Crippen LogP contribution in [0, 0.1) is 0 Å². The third-order valence-electron chi connectivity index (χ3n) is 3.89. The number of aliphatic hydroxyl groups excluding tert-OH is 3. The summed E-state index contributed by atoms with van der Waals surface area (Å²) in [5, 5.41) is 29.4. The maximum Gasteiger partial charge on any atom is 0.225 e. The Morgan fingerprint density at radius 1 is 1.26 bits per heavy atom. The standard InChI is InChI=1S/C14H18O5/c15-6-5-10-7-12(16)13(17)14(19-10)11-4-2-1-3-9(11)8-18-14/h1-4,10,12-13,15-17H,5-8H2/t10-,12-,13+,14+/m1/s1. The number of rotatable bonds is 2. The molecule has 0 saturated carbocycles. The first-order valence-corrected chi connectivity index (χ1v) is 6.54. The van der Waals surface area contributed by atoms with Gasteiger partial charge in [0.05, 0.1) is 18.8 Å². The van der Waals surface area contributed by atoms with Crippen LogP contribution in [-0.4, -0.2) is 40.2 Å². The highest BCUT2D eigenvalue weighted by Gasteiger charge is 2.54. The highest BCUT2D eigenvalue weighted by Crippen LogP contribution is 2.45. The van der Waals surface area contributed by atoms with E-state index in [4.69, 9.17) is 14.6 Å². The molecule has 2 aliphatic rings. The fraction of sp³-hybridized carbons (Fsp3) is 0.571. The summed E-state index contributed by atoms with van der Waals surface area (Å²) in [6.45, 7) is 0.330. The van der Waals surface area contributed by atoms with Crippen LogP contribution >= 0.6 is 0 Å². The van der Waals surface area contributed by atoms with Gasteiger partial charge in [-0.1, -0.05) is 24.3 Å². The average Bonchev–Trinajstić information content (AvgIpc) is 2.77. The van der Waals surface area contributed by atoms with E-state index in [1.807, 2.05) is 24.3 Å². The molecule has 0 amide bonds. The van der Waals surface area contributed by atoms with Gasteiger partial charge >= 0.3 is 0 Å². The van der Waals surface area contributed by atoms with E-state index in [2.05, 4.69) is 0 Å². The van der Waals surface area contributed by atoms with Crippen molar-refractivity contribution >= 4 is 0 Å². The molecule has 0 aliphatic carbocycles. The Balaban J connectivity index is 1.97. The van der Waals surface area contributed by atoms with E-state index in [1.54, 1.807) is 0 Å². The summed E-state index contributed by atoms with van der Waals surface area (Å²) in [5.41, 5.74) is 1.72. The van der Waals surface area contributed by atoms with Crippen LogP contribution in [0.5, 0.6) is 0 Å². The Labute approximate surface area is 111 Å². The molecule has 104 valence electrons. The Kier molecular flexibility index (Phi) is 3.32. The van der Waals surface area contributed by atoms with E-state index < -0.39 is 18.0 Å². The highest BCUT2D eigenvalue weighted by atomic mass is 16.7. The van der Waals surface area contributed by atoms with Gasteiger partial charge in [-0.2, -0.15) is 0 Å². The molecule has 19 heavy (non-hydrogen) atoms. The van der Waals surface area contributed by atoms with Gasteiger partial charge in [-0.3, -0.25) is 0 Å². The molecule has 0 unspecified atom stereocenters. The molecule has 1 spiro atoms. The van der Waals surface area contributed by atoms with Crippen molar-refractivity contribution < 1.29 is 24.8 Å². The molecule has 3 rings (SSSR count). The fourth-order valence-electron chi connectivity index (χ4n) is 2.93. The van der Waals surface area contributed by atoms with Gasteiger partial charge in [0, 0.05) is 18.6 Å². The van der Waals surface area contributed by atoms with Crippen LogP contribution in [0.15, 0.2) is 24.3 Å². The molecule has 1 saturated heterocycles.